The Morgan fingerprint density at radius 1 is 1.24 bits per heavy atom. The van der Waals surface area contributed by atoms with Gasteiger partial charge in [0.25, 0.3) is 0 Å². The van der Waals surface area contributed by atoms with Gasteiger partial charge in [-0.2, -0.15) is 0 Å². The molecule has 0 aromatic rings. The summed E-state index contributed by atoms with van der Waals surface area (Å²) in [5.74, 6) is -1.22. The summed E-state index contributed by atoms with van der Waals surface area (Å²) < 4.78 is 0. The molecular formula is C15H27N3O3. The molecule has 3 atom stereocenters. The van der Waals surface area contributed by atoms with Crippen molar-refractivity contribution in [3.8, 4) is 0 Å². The maximum Gasteiger partial charge on any atom is 0.317 e. The standard InChI is InChI=1S/C15H27N3O3/c1-11-8-18(10-13(11)14(19)20)15(21)16-12(2)9-17-6-4-3-5-7-17/h11-13H,3-10H2,1-2H3,(H,16,21)(H,19,20)/t11-,12?,13-/m1/s1. The third-order valence-electron chi connectivity index (χ3n) is 4.57. The zero-order valence-electron chi connectivity index (χ0n) is 13.0. The van der Waals surface area contributed by atoms with Crippen LogP contribution in [0.25, 0.3) is 0 Å². The highest BCUT2D eigenvalue weighted by Gasteiger charge is 2.37. The Hall–Kier alpha value is -1.30. The molecule has 0 saturated carbocycles. The minimum absolute atomic E-state index is 0.0191. The van der Waals surface area contributed by atoms with E-state index >= 15 is 0 Å². The van der Waals surface area contributed by atoms with E-state index in [0.29, 0.717) is 13.1 Å². The van der Waals surface area contributed by atoms with Crippen molar-refractivity contribution in [2.75, 3.05) is 32.7 Å². The maximum atomic E-state index is 12.2. The van der Waals surface area contributed by atoms with Gasteiger partial charge in [0.1, 0.15) is 0 Å². The number of aliphatic carboxylic acids is 1. The first-order valence-corrected chi connectivity index (χ1v) is 7.98. The van der Waals surface area contributed by atoms with Gasteiger partial charge in [-0.05, 0) is 38.8 Å². The van der Waals surface area contributed by atoms with Crippen LogP contribution in [-0.4, -0.2) is 65.7 Å². The van der Waals surface area contributed by atoms with Gasteiger partial charge in [0.05, 0.1) is 5.92 Å². The van der Waals surface area contributed by atoms with Crippen LogP contribution in [-0.2, 0) is 4.79 Å². The number of amides is 2. The smallest absolute Gasteiger partial charge is 0.317 e. The molecule has 0 aromatic carbocycles. The molecule has 6 heteroatoms. The molecular weight excluding hydrogens is 270 g/mol. The van der Waals surface area contributed by atoms with Crippen LogP contribution in [0.1, 0.15) is 33.1 Å². The highest BCUT2D eigenvalue weighted by Crippen LogP contribution is 2.23. The van der Waals surface area contributed by atoms with Crippen LogP contribution in [0.4, 0.5) is 4.79 Å². The lowest BCUT2D eigenvalue weighted by Crippen LogP contribution is -2.48. The maximum absolute atomic E-state index is 12.2. The minimum atomic E-state index is -0.806. The van der Waals surface area contributed by atoms with Crippen molar-refractivity contribution < 1.29 is 14.7 Å². The topological polar surface area (TPSA) is 72.9 Å². The van der Waals surface area contributed by atoms with Gasteiger partial charge in [0, 0.05) is 25.7 Å². The Labute approximate surface area is 126 Å². The van der Waals surface area contributed by atoms with Crippen LogP contribution in [0.3, 0.4) is 0 Å². The summed E-state index contributed by atoms with van der Waals surface area (Å²) in [7, 11) is 0. The third kappa shape index (κ3) is 4.33. The summed E-state index contributed by atoms with van der Waals surface area (Å²) in [6.07, 6.45) is 3.79. The van der Waals surface area contributed by atoms with Crippen molar-refractivity contribution in [2.45, 2.75) is 39.2 Å². The molecule has 2 rings (SSSR count). The van der Waals surface area contributed by atoms with E-state index in [1.165, 1.54) is 19.3 Å². The number of nitrogens with zero attached hydrogens (tertiary/aromatic N) is 2. The predicted molar refractivity (Wildman–Crippen MR) is 80.1 cm³/mol. The number of carbonyl (C=O) groups is 2. The fourth-order valence-corrected chi connectivity index (χ4v) is 3.33. The lowest BCUT2D eigenvalue weighted by molar-refractivity contribution is -0.142. The summed E-state index contributed by atoms with van der Waals surface area (Å²) in [5, 5.41) is 12.1. The fourth-order valence-electron chi connectivity index (χ4n) is 3.33. The Bertz CT molecular complexity index is 382. The van der Waals surface area contributed by atoms with E-state index in [4.69, 9.17) is 5.11 Å². The number of rotatable bonds is 4. The lowest BCUT2D eigenvalue weighted by atomic mass is 9.99. The SMILES string of the molecule is CC(CN1CCCCC1)NC(=O)N1C[C@@H](C)[C@H](C(=O)O)C1. The molecule has 120 valence electrons. The number of likely N-dealkylation sites (tertiary alicyclic amines) is 2. The van der Waals surface area contributed by atoms with Gasteiger partial charge in [-0.15, -0.1) is 0 Å². The van der Waals surface area contributed by atoms with Gasteiger partial charge in [-0.25, -0.2) is 4.79 Å². The number of hydrogen-bond acceptors (Lipinski definition) is 3. The highest BCUT2D eigenvalue weighted by atomic mass is 16.4. The van der Waals surface area contributed by atoms with Crippen LogP contribution in [0, 0.1) is 11.8 Å². The predicted octanol–water partition coefficient (Wildman–Crippen LogP) is 1.22. The van der Waals surface area contributed by atoms with Gasteiger partial charge in [0.2, 0.25) is 0 Å². The van der Waals surface area contributed by atoms with Crippen molar-refractivity contribution >= 4 is 12.0 Å². The number of nitrogens with one attached hydrogen (secondary N) is 1. The molecule has 6 nitrogen and oxygen atoms in total. The second-order valence-corrected chi connectivity index (χ2v) is 6.54. The zero-order chi connectivity index (χ0) is 15.4. The van der Waals surface area contributed by atoms with Crippen molar-refractivity contribution in [3.63, 3.8) is 0 Å². The van der Waals surface area contributed by atoms with Crippen LogP contribution in [0.5, 0.6) is 0 Å². The van der Waals surface area contributed by atoms with Crippen LogP contribution < -0.4 is 5.32 Å². The lowest BCUT2D eigenvalue weighted by Gasteiger charge is -2.30. The summed E-state index contributed by atoms with van der Waals surface area (Å²) >= 11 is 0. The van der Waals surface area contributed by atoms with Gasteiger partial charge in [-0.1, -0.05) is 13.3 Å². The third-order valence-corrected chi connectivity index (χ3v) is 4.57. The van der Waals surface area contributed by atoms with E-state index in [0.717, 1.165) is 19.6 Å². The van der Waals surface area contributed by atoms with Gasteiger partial charge in [-0.3, -0.25) is 4.79 Å². The average molecular weight is 297 g/mol. The van der Waals surface area contributed by atoms with Crippen LogP contribution >= 0.6 is 0 Å². The average Bonchev–Trinajstić information content (AvgIpc) is 2.82. The minimum Gasteiger partial charge on any atom is -0.481 e. The zero-order valence-corrected chi connectivity index (χ0v) is 13.0. The molecule has 0 bridgehead atoms. The summed E-state index contributed by atoms with van der Waals surface area (Å²) in [6.45, 7) is 7.85. The van der Waals surface area contributed by atoms with E-state index in [9.17, 15) is 9.59 Å². The number of hydrogen-bond donors (Lipinski definition) is 2. The largest absolute Gasteiger partial charge is 0.481 e. The van der Waals surface area contributed by atoms with E-state index in [2.05, 4.69) is 10.2 Å². The van der Waals surface area contributed by atoms with Gasteiger partial charge < -0.3 is 20.2 Å². The molecule has 2 heterocycles. The number of carboxylic acids is 1. The van der Waals surface area contributed by atoms with E-state index in [-0.39, 0.29) is 18.0 Å². The molecule has 2 N–H and O–H groups in total. The summed E-state index contributed by atoms with van der Waals surface area (Å²) in [5.41, 5.74) is 0. The highest BCUT2D eigenvalue weighted by molar-refractivity contribution is 5.77. The molecule has 0 aliphatic carbocycles. The molecule has 2 saturated heterocycles. The van der Waals surface area contributed by atoms with Crippen molar-refractivity contribution in [1.29, 1.82) is 0 Å². The molecule has 0 radical (unpaired) electrons. The summed E-state index contributed by atoms with van der Waals surface area (Å²) in [6, 6.07) is -0.0371. The monoisotopic (exact) mass is 297 g/mol. The number of carboxylic acid groups (broad SMARTS) is 1. The van der Waals surface area contributed by atoms with Gasteiger partial charge in [0.15, 0.2) is 0 Å². The molecule has 1 unspecified atom stereocenters. The summed E-state index contributed by atoms with van der Waals surface area (Å²) in [4.78, 5) is 27.3. The van der Waals surface area contributed by atoms with E-state index < -0.39 is 11.9 Å². The molecule has 2 aliphatic heterocycles. The quantitative estimate of drug-likeness (QED) is 0.818. The Balaban J connectivity index is 1.77. The first kappa shape index (κ1) is 16.1. The molecule has 2 aliphatic rings. The second-order valence-electron chi connectivity index (χ2n) is 6.54. The number of urea groups is 1. The first-order chi connectivity index (χ1) is 9.97. The van der Waals surface area contributed by atoms with E-state index in [1.54, 1.807) is 4.90 Å². The molecule has 0 spiro atoms. The Kier molecular flexibility index (Phi) is 5.45. The van der Waals surface area contributed by atoms with Crippen LogP contribution in [0.15, 0.2) is 0 Å². The van der Waals surface area contributed by atoms with Crippen molar-refractivity contribution in [1.82, 2.24) is 15.1 Å². The van der Waals surface area contributed by atoms with Gasteiger partial charge >= 0.3 is 12.0 Å². The fraction of sp³-hybridized carbons (Fsp3) is 0.867. The number of piperidine rings is 1. The Morgan fingerprint density at radius 2 is 1.90 bits per heavy atom. The van der Waals surface area contributed by atoms with E-state index in [1.807, 2.05) is 13.8 Å². The molecule has 21 heavy (non-hydrogen) atoms. The molecule has 2 amide bonds. The molecule has 2 fully saturated rings. The van der Waals surface area contributed by atoms with Crippen LogP contribution in [0.2, 0.25) is 0 Å². The first-order valence-electron chi connectivity index (χ1n) is 7.98. The Morgan fingerprint density at radius 3 is 2.48 bits per heavy atom. The molecule has 0 aromatic heterocycles. The second kappa shape index (κ2) is 7.11. The van der Waals surface area contributed by atoms with Crippen molar-refractivity contribution in [3.05, 3.63) is 0 Å². The normalized spacial score (nSPS) is 28.4. The van der Waals surface area contributed by atoms with Crippen molar-refractivity contribution in [2.24, 2.45) is 11.8 Å². The number of carbonyl (C=O) groups excluding carboxylic acids is 1.